The molecule has 0 fully saturated rings. The molecule has 1 aromatic rings. The molecule has 1 unspecified atom stereocenters. The smallest absolute Gasteiger partial charge is 0.151 e. The van der Waals surface area contributed by atoms with Crippen LogP contribution in [0.1, 0.15) is 43.9 Å². The Kier molecular flexibility index (Phi) is 5.93. The minimum Gasteiger partial charge on any atom is -0.496 e. The Labute approximate surface area is 127 Å². The molecule has 0 saturated carbocycles. The maximum atomic E-state index is 11.8. The summed E-state index contributed by atoms with van der Waals surface area (Å²) in [6.45, 7) is 8.70. The van der Waals surface area contributed by atoms with Gasteiger partial charge in [0.05, 0.1) is 13.2 Å². The number of hydrogen-bond acceptors (Lipinski definition) is 4. The quantitative estimate of drug-likeness (QED) is 0.841. The maximum Gasteiger partial charge on any atom is 0.151 e. The highest BCUT2D eigenvalue weighted by Gasteiger charge is 2.21. The van der Waals surface area contributed by atoms with Crippen LogP contribution in [0.5, 0.6) is 5.75 Å². The van der Waals surface area contributed by atoms with Gasteiger partial charge in [0.15, 0.2) is 5.78 Å². The number of carbonyl (C=O) groups is 1. The highest BCUT2D eigenvalue weighted by molar-refractivity contribution is 5.84. The first kappa shape index (κ1) is 17.7. The highest BCUT2D eigenvalue weighted by atomic mass is 16.5. The zero-order valence-corrected chi connectivity index (χ0v) is 13.8. The molecule has 4 N–H and O–H groups in total. The molecule has 0 aliphatic heterocycles. The van der Waals surface area contributed by atoms with Gasteiger partial charge in [0.1, 0.15) is 5.75 Å². The molecule has 4 nitrogen and oxygen atoms in total. The predicted octanol–water partition coefficient (Wildman–Crippen LogP) is 2.09. The fourth-order valence-electron chi connectivity index (χ4n) is 2.41. The minimum absolute atomic E-state index is 0.0101. The summed E-state index contributed by atoms with van der Waals surface area (Å²) in [6, 6.07) is 3.66. The van der Waals surface area contributed by atoms with E-state index in [1.54, 1.807) is 7.11 Å². The van der Waals surface area contributed by atoms with Crippen LogP contribution in [0.15, 0.2) is 12.1 Å². The highest BCUT2D eigenvalue weighted by Crippen LogP contribution is 2.35. The minimum atomic E-state index is -0.550. The molecule has 0 aliphatic carbocycles. The second-order valence-corrected chi connectivity index (χ2v) is 6.55. The van der Waals surface area contributed by atoms with E-state index in [9.17, 15) is 4.79 Å². The number of hydrogen-bond donors (Lipinski definition) is 2. The second kappa shape index (κ2) is 7.05. The molecule has 0 heterocycles. The normalized spacial score (nSPS) is 13.1. The zero-order valence-electron chi connectivity index (χ0n) is 13.8. The summed E-state index contributed by atoms with van der Waals surface area (Å²) in [7, 11) is 1.70. The van der Waals surface area contributed by atoms with E-state index in [1.165, 1.54) is 0 Å². The lowest BCUT2D eigenvalue weighted by Crippen LogP contribution is -2.37. The van der Waals surface area contributed by atoms with E-state index < -0.39 is 6.04 Å². The van der Waals surface area contributed by atoms with E-state index in [4.69, 9.17) is 16.2 Å². The summed E-state index contributed by atoms with van der Waals surface area (Å²) in [4.78, 5) is 11.8. The number of methoxy groups -OCH3 is 1. The van der Waals surface area contributed by atoms with Crippen molar-refractivity contribution in [1.29, 1.82) is 0 Å². The molecule has 1 atom stereocenters. The summed E-state index contributed by atoms with van der Waals surface area (Å²) in [6.07, 6.45) is 1.11. The Morgan fingerprint density at radius 1 is 1.33 bits per heavy atom. The van der Waals surface area contributed by atoms with Gasteiger partial charge in [-0.25, -0.2) is 0 Å². The van der Waals surface area contributed by atoms with Gasteiger partial charge in [-0.15, -0.1) is 0 Å². The number of ketones is 1. The van der Waals surface area contributed by atoms with E-state index in [1.807, 2.05) is 6.92 Å². The van der Waals surface area contributed by atoms with Crippen molar-refractivity contribution >= 4 is 5.78 Å². The number of Topliss-reactive ketones (excluding diaryl/α,β-unsaturated/α-hetero) is 1. The fourth-order valence-corrected chi connectivity index (χ4v) is 2.41. The maximum absolute atomic E-state index is 11.8. The average Bonchev–Trinajstić information content (AvgIpc) is 2.42. The van der Waals surface area contributed by atoms with Crippen LogP contribution >= 0.6 is 0 Å². The standard InChI is InChI=1S/C17H28N2O2/c1-11-8-12(6-7-15(20)14(19)10-18)9-13(16(11)21-5)17(2,3)4/h8-9,14H,6-7,10,18-19H2,1-5H3. The lowest BCUT2D eigenvalue weighted by atomic mass is 9.83. The first-order chi connectivity index (χ1) is 9.70. The summed E-state index contributed by atoms with van der Waals surface area (Å²) >= 11 is 0. The molecule has 4 heteroatoms. The van der Waals surface area contributed by atoms with E-state index in [2.05, 4.69) is 32.9 Å². The van der Waals surface area contributed by atoms with Gasteiger partial charge in [-0.05, 0) is 29.9 Å². The molecule has 0 saturated heterocycles. The first-order valence-corrected chi connectivity index (χ1v) is 7.37. The van der Waals surface area contributed by atoms with Gasteiger partial charge < -0.3 is 16.2 Å². The van der Waals surface area contributed by atoms with Gasteiger partial charge in [-0.3, -0.25) is 4.79 Å². The molecule has 0 bridgehead atoms. The van der Waals surface area contributed by atoms with Crippen LogP contribution in [-0.2, 0) is 16.6 Å². The van der Waals surface area contributed by atoms with Gasteiger partial charge in [-0.2, -0.15) is 0 Å². The second-order valence-electron chi connectivity index (χ2n) is 6.55. The summed E-state index contributed by atoms with van der Waals surface area (Å²) in [5, 5.41) is 0. The van der Waals surface area contributed by atoms with Crippen LogP contribution < -0.4 is 16.2 Å². The average molecular weight is 292 g/mol. The van der Waals surface area contributed by atoms with Gasteiger partial charge in [0.25, 0.3) is 0 Å². The van der Waals surface area contributed by atoms with Gasteiger partial charge in [0.2, 0.25) is 0 Å². The first-order valence-electron chi connectivity index (χ1n) is 7.37. The van der Waals surface area contributed by atoms with Crippen LogP contribution in [0, 0.1) is 6.92 Å². The summed E-state index contributed by atoms with van der Waals surface area (Å²) in [5.41, 5.74) is 14.5. The van der Waals surface area contributed by atoms with Gasteiger partial charge >= 0.3 is 0 Å². The molecule has 1 rings (SSSR count). The number of aryl methyl sites for hydroxylation is 2. The van der Waals surface area contributed by atoms with Crippen LogP contribution in [-0.4, -0.2) is 25.5 Å². The molecule has 0 aliphatic rings. The Hall–Kier alpha value is -1.39. The van der Waals surface area contributed by atoms with E-state index in [0.29, 0.717) is 12.8 Å². The number of ether oxygens (including phenoxy) is 1. The summed E-state index contributed by atoms with van der Waals surface area (Å²) in [5.74, 6) is 0.944. The van der Waals surface area contributed by atoms with Crippen molar-refractivity contribution in [2.75, 3.05) is 13.7 Å². The third-order valence-electron chi connectivity index (χ3n) is 3.67. The van der Waals surface area contributed by atoms with Gasteiger partial charge in [0, 0.05) is 18.5 Å². The van der Waals surface area contributed by atoms with E-state index >= 15 is 0 Å². The number of carbonyl (C=O) groups excluding carboxylic acids is 1. The molecule has 0 amide bonds. The monoisotopic (exact) mass is 292 g/mol. The fraction of sp³-hybridized carbons (Fsp3) is 0.588. The van der Waals surface area contributed by atoms with Crippen molar-refractivity contribution in [1.82, 2.24) is 0 Å². The summed E-state index contributed by atoms with van der Waals surface area (Å²) < 4.78 is 5.54. The molecule has 118 valence electrons. The van der Waals surface area contributed by atoms with Crippen molar-refractivity contribution in [3.8, 4) is 5.75 Å². The number of rotatable bonds is 6. The van der Waals surface area contributed by atoms with Crippen molar-refractivity contribution in [2.45, 2.75) is 52.0 Å². The third-order valence-corrected chi connectivity index (χ3v) is 3.67. The Balaban J connectivity index is 3.00. The van der Waals surface area contributed by atoms with Crippen molar-refractivity contribution in [3.05, 3.63) is 28.8 Å². The SMILES string of the molecule is COc1c(C)cc(CCC(=O)C(N)CN)cc1C(C)(C)C. The third kappa shape index (κ3) is 4.55. The Bertz CT molecular complexity index is 504. The zero-order chi connectivity index (χ0) is 16.2. The lowest BCUT2D eigenvalue weighted by molar-refractivity contribution is -0.120. The number of nitrogens with two attached hydrogens (primary N) is 2. The molecular formula is C17H28N2O2. The van der Waals surface area contributed by atoms with Crippen LogP contribution in [0.2, 0.25) is 0 Å². The van der Waals surface area contributed by atoms with Crippen molar-refractivity contribution < 1.29 is 9.53 Å². The van der Waals surface area contributed by atoms with Crippen LogP contribution in [0.3, 0.4) is 0 Å². The molecular weight excluding hydrogens is 264 g/mol. The Morgan fingerprint density at radius 3 is 2.43 bits per heavy atom. The van der Waals surface area contributed by atoms with Crippen molar-refractivity contribution in [3.63, 3.8) is 0 Å². The van der Waals surface area contributed by atoms with Crippen LogP contribution in [0.4, 0.5) is 0 Å². The van der Waals surface area contributed by atoms with E-state index in [-0.39, 0.29) is 17.7 Å². The topological polar surface area (TPSA) is 78.3 Å². The molecule has 1 aromatic carbocycles. The van der Waals surface area contributed by atoms with E-state index in [0.717, 1.165) is 22.4 Å². The molecule has 0 aromatic heterocycles. The van der Waals surface area contributed by atoms with Gasteiger partial charge in [-0.1, -0.05) is 32.9 Å². The lowest BCUT2D eigenvalue weighted by Gasteiger charge is -2.24. The predicted molar refractivity (Wildman–Crippen MR) is 86.8 cm³/mol. The van der Waals surface area contributed by atoms with Crippen molar-refractivity contribution in [2.24, 2.45) is 11.5 Å². The Morgan fingerprint density at radius 2 is 1.95 bits per heavy atom. The molecule has 21 heavy (non-hydrogen) atoms. The molecule has 0 radical (unpaired) electrons. The molecule has 0 spiro atoms. The largest absolute Gasteiger partial charge is 0.496 e. The number of benzene rings is 1. The van der Waals surface area contributed by atoms with Crippen LogP contribution in [0.25, 0.3) is 0 Å².